The Bertz CT molecular complexity index is 507. The zero-order chi connectivity index (χ0) is 21.3. The first-order valence-electron chi connectivity index (χ1n) is 10.8. The van der Waals surface area contributed by atoms with E-state index in [1.54, 1.807) is 0 Å². The van der Waals surface area contributed by atoms with Crippen molar-refractivity contribution in [2.75, 3.05) is 25.7 Å². The van der Waals surface area contributed by atoms with Crippen LogP contribution in [0.1, 0.15) is 96.8 Å². The van der Waals surface area contributed by atoms with Gasteiger partial charge in [0.1, 0.15) is 0 Å². The SMILES string of the molecule is CC(CCCCCCCCOS(C)(=O)=O)CCCCCCCCOS(C)(=O)=O. The van der Waals surface area contributed by atoms with Crippen LogP contribution in [0, 0.1) is 5.92 Å². The summed E-state index contributed by atoms with van der Waals surface area (Å²) in [6, 6.07) is 0. The summed E-state index contributed by atoms with van der Waals surface area (Å²) in [6.45, 7) is 2.96. The van der Waals surface area contributed by atoms with Gasteiger partial charge in [0.25, 0.3) is 20.2 Å². The Morgan fingerprint density at radius 3 is 1.14 bits per heavy atom. The molecule has 0 bridgehead atoms. The van der Waals surface area contributed by atoms with Crippen LogP contribution in [0.25, 0.3) is 0 Å². The average molecular weight is 443 g/mol. The second kappa shape index (κ2) is 16.6. The Labute approximate surface area is 174 Å². The maximum Gasteiger partial charge on any atom is 0.264 e. The number of hydrogen-bond donors (Lipinski definition) is 0. The van der Waals surface area contributed by atoms with Gasteiger partial charge in [-0.25, -0.2) is 0 Å². The summed E-state index contributed by atoms with van der Waals surface area (Å²) in [7, 11) is -6.56. The number of unbranched alkanes of at least 4 members (excludes halogenated alkanes) is 10. The van der Waals surface area contributed by atoms with Crippen molar-refractivity contribution in [3.63, 3.8) is 0 Å². The molecule has 0 saturated carbocycles. The quantitative estimate of drug-likeness (QED) is 0.194. The van der Waals surface area contributed by atoms with Gasteiger partial charge in [0.05, 0.1) is 25.7 Å². The molecule has 0 rings (SSSR count). The van der Waals surface area contributed by atoms with Gasteiger partial charge >= 0.3 is 0 Å². The van der Waals surface area contributed by atoms with Crippen LogP contribution in [0.2, 0.25) is 0 Å². The largest absolute Gasteiger partial charge is 0.270 e. The molecule has 8 heteroatoms. The molecule has 0 saturated heterocycles. The first kappa shape index (κ1) is 27.8. The van der Waals surface area contributed by atoms with Gasteiger partial charge in [-0.2, -0.15) is 16.8 Å². The highest BCUT2D eigenvalue weighted by Gasteiger charge is 2.04. The lowest BCUT2D eigenvalue weighted by Gasteiger charge is -2.11. The Morgan fingerprint density at radius 1 is 0.536 bits per heavy atom. The van der Waals surface area contributed by atoms with Crippen molar-refractivity contribution in [3.05, 3.63) is 0 Å². The van der Waals surface area contributed by atoms with Crippen LogP contribution < -0.4 is 0 Å². The molecule has 170 valence electrons. The van der Waals surface area contributed by atoms with Gasteiger partial charge in [-0.05, 0) is 18.8 Å². The van der Waals surface area contributed by atoms with Crippen molar-refractivity contribution in [2.24, 2.45) is 5.92 Å². The Kier molecular flexibility index (Phi) is 16.5. The minimum absolute atomic E-state index is 0.310. The van der Waals surface area contributed by atoms with Gasteiger partial charge in [0.2, 0.25) is 0 Å². The molecule has 0 aromatic carbocycles. The van der Waals surface area contributed by atoms with E-state index in [0.29, 0.717) is 13.2 Å². The van der Waals surface area contributed by atoms with E-state index in [1.807, 2.05) is 0 Å². The molecule has 6 nitrogen and oxygen atoms in total. The lowest BCUT2D eigenvalue weighted by atomic mass is 9.96. The van der Waals surface area contributed by atoms with E-state index >= 15 is 0 Å². The molecule has 0 unspecified atom stereocenters. The van der Waals surface area contributed by atoms with Crippen molar-refractivity contribution in [2.45, 2.75) is 96.8 Å². The number of rotatable bonds is 20. The van der Waals surface area contributed by atoms with E-state index < -0.39 is 20.2 Å². The van der Waals surface area contributed by atoms with Crippen LogP contribution in [0.5, 0.6) is 0 Å². The van der Waals surface area contributed by atoms with E-state index in [1.165, 1.54) is 51.4 Å². The summed E-state index contributed by atoms with van der Waals surface area (Å²) < 4.78 is 52.7. The number of hydrogen-bond acceptors (Lipinski definition) is 6. The molecule has 0 aromatic heterocycles. The zero-order valence-corrected chi connectivity index (χ0v) is 19.8. The zero-order valence-electron chi connectivity index (χ0n) is 18.2. The van der Waals surface area contributed by atoms with Gasteiger partial charge < -0.3 is 0 Å². The summed E-state index contributed by atoms with van der Waals surface area (Å²) in [6.07, 6.45) is 18.3. The predicted octanol–water partition coefficient (Wildman–Crippen LogP) is 5.04. The van der Waals surface area contributed by atoms with Gasteiger partial charge in [-0.1, -0.05) is 84.0 Å². The minimum atomic E-state index is -3.28. The molecule has 0 aliphatic heterocycles. The highest BCUT2D eigenvalue weighted by atomic mass is 32.2. The van der Waals surface area contributed by atoms with Crippen LogP contribution in [0.15, 0.2) is 0 Å². The molecule has 0 spiro atoms. The molecule has 0 fully saturated rings. The summed E-state index contributed by atoms with van der Waals surface area (Å²) in [4.78, 5) is 0. The summed E-state index contributed by atoms with van der Waals surface area (Å²) in [5.41, 5.74) is 0. The summed E-state index contributed by atoms with van der Waals surface area (Å²) >= 11 is 0. The van der Waals surface area contributed by atoms with Crippen LogP contribution in [0.3, 0.4) is 0 Å². The third-order valence-corrected chi connectivity index (χ3v) is 5.97. The highest BCUT2D eigenvalue weighted by molar-refractivity contribution is 7.86. The fraction of sp³-hybridized carbons (Fsp3) is 1.00. The maximum absolute atomic E-state index is 10.8. The average Bonchev–Trinajstić information content (AvgIpc) is 2.57. The van der Waals surface area contributed by atoms with Crippen molar-refractivity contribution >= 4 is 20.2 Å². The molecule has 0 radical (unpaired) electrons. The van der Waals surface area contributed by atoms with Crippen molar-refractivity contribution in [3.8, 4) is 0 Å². The fourth-order valence-corrected chi connectivity index (χ4v) is 4.01. The fourth-order valence-electron chi connectivity index (χ4n) is 3.17. The molecule has 0 heterocycles. The molecule has 0 N–H and O–H groups in total. The Balaban J connectivity index is 3.28. The van der Waals surface area contributed by atoms with Gasteiger partial charge in [-0.3, -0.25) is 8.37 Å². The van der Waals surface area contributed by atoms with E-state index in [2.05, 4.69) is 6.92 Å². The molecule has 28 heavy (non-hydrogen) atoms. The lowest BCUT2D eigenvalue weighted by Crippen LogP contribution is -2.03. The smallest absolute Gasteiger partial charge is 0.264 e. The maximum atomic E-state index is 10.8. The first-order chi connectivity index (χ1) is 13.1. The van der Waals surface area contributed by atoms with Gasteiger partial charge in [0.15, 0.2) is 0 Å². The molecular weight excluding hydrogens is 400 g/mol. The molecule has 0 aromatic rings. The van der Waals surface area contributed by atoms with E-state index in [-0.39, 0.29) is 0 Å². The predicted molar refractivity (Wildman–Crippen MR) is 115 cm³/mol. The topological polar surface area (TPSA) is 86.7 Å². The van der Waals surface area contributed by atoms with Crippen LogP contribution in [-0.4, -0.2) is 42.6 Å². The molecule has 0 amide bonds. The van der Waals surface area contributed by atoms with Gasteiger partial charge in [0, 0.05) is 0 Å². The summed E-state index contributed by atoms with van der Waals surface area (Å²) in [5, 5.41) is 0. The van der Waals surface area contributed by atoms with E-state index in [9.17, 15) is 16.8 Å². The van der Waals surface area contributed by atoms with Crippen molar-refractivity contribution in [1.82, 2.24) is 0 Å². The van der Waals surface area contributed by atoms with Crippen LogP contribution >= 0.6 is 0 Å². The highest BCUT2D eigenvalue weighted by Crippen LogP contribution is 2.18. The second-order valence-corrected chi connectivity index (χ2v) is 11.3. The molecule has 0 atom stereocenters. The summed E-state index contributed by atoms with van der Waals surface area (Å²) in [5.74, 6) is 0.784. The van der Waals surface area contributed by atoms with Crippen molar-refractivity contribution < 1.29 is 25.2 Å². The van der Waals surface area contributed by atoms with Crippen LogP contribution in [-0.2, 0) is 28.6 Å². The van der Waals surface area contributed by atoms with Crippen molar-refractivity contribution in [1.29, 1.82) is 0 Å². The first-order valence-corrected chi connectivity index (χ1v) is 14.4. The lowest BCUT2D eigenvalue weighted by molar-refractivity contribution is 0.309. The minimum Gasteiger partial charge on any atom is -0.270 e. The Morgan fingerprint density at radius 2 is 0.821 bits per heavy atom. The van der Waals surface area contributed by atoms with Crippen LogP contribution in [0.4, 0.5) is 0 Å². The Hall–Kier alpha value is -0.180. The van der Waals surface area contributed by atoms with Gasteiger partial charge in [-0.15, -0.1) is 0 Å². The third kappa shape index (κ3) is 23.9. The standard InChI is InChI=1S/C20H42O6S2/c1-20(16-12-8-4-6-10-14-18-25-27(2,21)22)17-13-9-5-7-11-15-19-26-28(3,23)24/h20H,4-19H2,1-3H3. The molecule has 0 aliphatic rings. The molecular formula is C20H42O6S2. The van der Waals surface area contributed by atoms with E-state index in [4.69, 9.17) is 8.37 Å². The van der Waals surface area contributed by atoms with E-state index in [0.717, 1.165) is 57.0 Å². The normalized spacial score (nSPS) is 12.7. The second-order valence-electron chi connectivity index (χ2n) is 7.98. The third-order valence-electron chi connectivity index (χ3n) is 4.78. The molecule has 0 aliphatic carbocycles. The monoisotopic (exact) mass is 442 g/mol.